The Labute approximate surface area is 82.6 Å². The lowest BCUT2D eigenvalue weighted by Gasteiger charge is -2.07. The largest absolute Gasteiger partial charge is 0.507 e. The van der Waals surface area contributed by atoms with E-state index in [0.29, 0.717) is 23.1 Å². The summed E-state index contributed by atoms with van der Waals surface area (Å²) < 4.78 is 0. The van der Waals surface area contributed by atoms with Crippen LogP contribution in [0.1, 0.15) is 35.3 Å². The summed E-state index contributed by atoms with van der Waals surface area (Å²) in [5.41, 5.74) is 1.42. The van der Waals surface area contributed by atoms with Crippen molar-refractivity contribution >= 4 is 5.78 Å². The minimum atomic E-state index is -0.177. The zero-order valence-corrected chi connectivity index (χ0v) is 8.16. The SMILES string of the molecule is CCc1cc(C#N)cc(O)c1C(C)=O. The smallest absolute Gasteiger partial charge is 0.163 e. The van der Waals surface area contributed by atoms with Crippen molar-refractivity contribution in [3.05, 3.63) is 28.8 Å². The number of benzene rings is 1. The highest BCUT2D eigenvalue weighted by Gasteiger charge is 2.12. The summed E-state index contributed by atoms with van der Waals surface area (Å²) >= 11 is 0. The van der Waals surface area contributed by atoms with Crippen LogP contribution in [0.3, 0.4) is 0 Å². The zero-order chi connectivity index (χ0) is 10.7. The van der Waals surface area contributed by atoms with Gasteiger partial charge in [-0.2, -0.15) is 5.26 Å². The molecule has 0 fully saturated rings. The first kappa shape index (κ1) is 10.3. The minimum absolute atomic E-state index is 0.103. The molecule has 1 N–H and O–H groups in total. The normalized spacial score (nSPS) is 9.50. The quantitative estimate of drug-likeness (QED) is 0.724. The first-order valence-electron chi connectivity index (χ1n) is 4.37. The molecule has 0 heterocycles. The van der Waals surface area contributed by atoms with Crippen LogP contribution in [0.2, 0.25) is 0 Å². The maximum absolute atomic E-state index is 11.2. The highest BCUT2D eigenvalue weighted by Crippen LogP contribution is 2.24. The number of ketones is 1. The standard InChI is InChI=1S/C11H11NO2/c1-3-9-4-8(6-12)5-10(14)11(9)7(2)13/h4-5,14H,3H2,1-2H3. The van der Waals surface area contributed by atoms with Crippen LogP contribution < -0.4 is 0 Å². The molecular weight excluding hydrogens is 178 g/mol. The van der Waals surface area contributed by atoms with Gasteiger partial charge in [0.15, 0.2) is 5.78 Å². The van der Waals surface area contributed by atoms with Crippen molar-refractivity contribution in [2.24, 2.45) is 0 Å². The predicted molar refractivity (Wildman–Crippen MR) is 52.2 cm³/mol. The lowest BCUT2D eigenvalue weighted by Crippen LogP contribution is -2.00. The summed E-state index contributed by atoms with van der Waals surface area (Å²) in [7, 11) is 0. The number of phenols is 1. The maximum Gasteiger partial charge on any atom is 0.163 e. The second-order valence-corrected chi connectivity index (χ2v) is 3.05. The molecule has 0 radical (unpaired) electrons. The Kier molecular flexibility index (Phi) is 2.88. The van der Waals surface area contributed by atoms with Gasteiger partial charge in [0.2, 0.25) is 0 Å². The molecule has 0 aliphatic rings. The molecule has 1 aromatic carbocycles. The molecule has 1 aromatic rings. The van der Waals surface area contributed by atoms with Gasteiger partial charge >= 0.3 is 0 Å². The second-order valence-electron chi connectivity index (χ2n) is 3.05. The van der Waals surface area contributed by atoms with Gasteiger partial charge < -0.3 is 5.11 Å². The van der Waals surface area contributed by atoms with Crippen LogP contribution in [0.5, 0.6) is 5.75 Å². The molecule has 72 valence electrons. The Hall–Kier alpha value is -1.82. The van der Waals surface area contributed by atoms with Crippen LogP contribution in [0, 0.1) is 11.3 Å². The van der Waals surface area contributed by atoms with Gasteiger partial charge in [0, 0.05) is 0 Å². The number of nitrogens with zero attached hydrogens (tertiary/aromatic N) is 1. The molecule has 0 amide bonds. The van der Waals surface area contributed by atoms with E-state index in [1.807, 2.05) is 13.0 Å². The first-order valence-corrected chi connectivity index (χ1v) is 4.37. The first-order chi connectivity index (χ1) is 6.60. The van der Waals surface area contributed by atoms with Crippen LogP contribution >= 0.6 is 0 Å². The maximum atomic E-state index is 11.2. The number of carbonyl (C=O) groups is 1. The number of carbonyl (C=O) groups excluding carboxylic acids is 1. The lowest BCUT2D eigenvalue weighted by atomic mass is 9.98. The van der Waals surface area contributed by atoms with Crippen molar-refractivity contribution < 1.29 is 9.90 Å². The topological polar surface area (TPSA) is 61.1 Å². The van der Waals surface area contributed by atoms with E-state index in [2.05, 4.69) is 0 Å². The molecule has 0 unspecified atom stereocenters. The zero-order valence-electron chi connectivity index (χ0n) is 8.16. The predicted octanol–water partition coefficient (Wildman–Crippen LogP) is 2.03. The van der Waals surface area contributed by atoms with Crippen molar-refractivity contribution in [3.8, 4) is 11.8 Å². The van der Waals surface area contributed by atoms with E-state index in [-0.39, 0.29) is 11.5 Å². The summed E-state index contributed by atoms with van der Waals surface area (Å²) in [6, 6.07) is 4.89. The van der Waals surface area contributed by atoms with Crippen molar-refractivity contribution in [3.63, 3.8) is 0 Å². The van der Waals surface area contributed by atoms with Gasteiger partial charge in [-0.15, -0.1) is 0 Å². The third kappa shape index (κ3) is 1.74. The minimum Gasteiger partial charge on any atom is -0.507 e. The Morgan fingerprint density at radius 2 is 2.21 bits per heavy atom. The van der Waals surface area contributed by atoms with Crippen LogP contribution in [0.4, 0.5) is 0 Å². The fourth-order valence-corrected chi connectivity index (χ4v) is 1.44. The average Bonchev–Trinajstić information content (AvgIpc) is 2.15. The molecule has 14 heavy (non-hydrogen) atoms. The monoisotopic (exact) mass is 189 g/mol. The van der Waals surface area contributed by atoms with Crippen molar-refractivity contribution in [1.82, 2.24) is 0 Å². The van der Waals surface area contributed by atoms with Crippen LogP contribution in [-0.4, -0.2) is 10.9 Å². The summed E-state index contributed by atoms with van der Waals surface area (Å²) in [5.74, 6) is -0.280. The van der Waals surface area contributed by atoms with Crippen LogP contribution in [0.15, 0.2) is 12.1 Å². The van der Waals surface area contributed by atoms with E-state index >= 15 is 0 Å². The lowest BCUT2D eigenvalue weighted by molar-refractivity contribution is 0.101. The van der Waals surface area contributed by atoms with E-state index < -0.39 is 0 Å². The summed E-state index contributed by atoms with van der Waals surface area (Å²) in [6.45, 7) is 3.28. The molecule has 1 rings (SSSR count). The number of aryl methyl sites for hydroxylation is 1. The highest BCUT2D eigenvalue weighted by atomic mass is 16.3. The summed E-state index contributed by atoms with van der Waals surface area (Å²) in [6.07, 6.45) is 0.623. The van der Waals surface area contributed by atoms with Gasteiger partial charge in [0.25, 0.3) is 0 Å². The number of aromatic hydroxyl groups is 1. The van der Waals surface area contributed by atoms with E-state index in [9.17, 15) is 9.90 Å². The Morgan fingerprint density at radius 3 is 2.64 bits per heavy atom. The third-order valence-electron chi connectivity index (χ3n) is 2.06. The van der Waals surface area contributed by atoms with Crippen molar-refractivity contribution in [2.75, 3.05) is 0 Å². The molecule has 3 nitrogen and oxygen atoms in total. The summed E-state index contributed by atoms with van der Waals surface area (Å²) in [5, 5.41) is 18.2. The number of nitriles is 1. The molecule has 0 aromatic heterocycles. The summed E-state index contributed by atoms with van der Waals surface area (Å²) in [4.78, 5) is 11.2. The van der Waals surface area contributed by atoms with Gasteiger partial charge in [-0.3, -0.25) is 4.79 Å². The van der Waals surface area contributed by atoms with Crippen LogP contribution in [0.25, 0.3) is 0 Å². The van der Waals surface area contributed by atoms with E-state index in [1.165, 1.54) is 13.0 Å². The number of rotatable bonds is 2. The van der Waals surface area contributed by atoms with E-state index in [4.69, 9.17) is 5.26 Å². The van der Waals surface area contributed by atoms with Gasteiger partial charge in [-0.25, -0.2) is 0 Å². The van der Waals surface area contributed by atoms with E-state index in [0.717, 1.165) is 0 Å². The fourth-order valence-electron chi connectivity index (χ4n) is 1.44. The molecule has 0 atom stereocenters. The van der Waals surface area contributed by atoms with Crippen molar-refractivity contribution in [1.29, 1.82) is 5.26 Å². The molecule has 0 saturated heterocycles. The Bertz CT molecular complexity index is 416. The second kappa shape index (κ2) is 3.93. The third-order valence-corrected chi connectivity index (χ3v) is 2.06. The number of phenolic OH excluding ortho intramolecular Hbond substituents is 1. The van der Waals surface area contributed by atoms with Gasteiger partial charge in [-0.05, 0) is 31.0 Å². The van der Waals surface area contributed by atoms with E-state index in [1.54, 1.807) is 6.07 Å². The fraction of sp³-hybridized carbons (Fsp3) is 0.273. The van der Waals surface area contributed by atoms with Gasteiger partial charge in [0.1, 0.15) is 5.75 Å². The van der Waals surface area contributed by atoms with Crippen LogP contribution in [-0.2, 0) is 6.42 Å². The Morgan fingerprint density at radius 1 is 1.57 bits per heavy atom. The molecule has 0 bridgehead atoms. The van der Waals surface area contributed by atoms with Crippen molar-refractivity contribution in [2.45, 2.75) is 20.3 Å². The number of Topliss-reactive ketones (excluding diaryl/α,β-unsaturated/α-hetero) is 1. The molecule has 3 heteroatoms. The highest BCUT2D eigenvalue weighted by molar-refractivity contribution is 5.98. The Balaban J connectivity index is 3.44. The number of hydrogen-bond donors (Lipinski definition) is 1. The molecule has 0 aliphatic carbocycles. The molecule has 0 aliphatic heterocycles. The molecule has 0 saturated carbocycles. The average molecular weight is 189 g/mol. The molecular formula is C11H11NO2. The number of hydrogen-bond acceptors (Lipinski definition) is 3. The van der Waals surface area contributed by atoms with Gasteiger partial charge in [0.05, 0.1) is 17.2 Å². The van der Waals surface area contributed by atoms with Gasteiger partial charge in [-0.1, -0.05) is 6.92 Å². The molecule has 0 spiro atoms.